The van der Waals surface area contributed by atoms with Gasteiger partial charge in [-0.3, -0.25) is 4.18 Å². The number of hydrogen-bond acceptors (Lipinski definition) is 3. The zero-order valence-corrected chi connectivity index (χ0v) is 22.6. The molecule has 0 unspecified atom stereocenters. The molecule has 0 saturated carbocycles. The van der Waals surface area contributed by atoms with Crippen LogP contribution in [0.4, 0.5) is 0 Å². The number of quaternary nitrogens is 1. The topological polar surface area (TPSA) is 43.4 Å². The maximum Gasteiger partial charge on any atom is 0.271 e. The molecule has 0 aromatic heterocycles. The molecule has 0 atom stereocenters. The number of nitrogens with zero attached hydrogens (tertiary/aromatic N) is 1. The van der Waals surface area contributed by atoms with Crippen molar-refractivity contribution in [3.8, 4) is 0 Å². The first-order chi connectivity index (χ1) is 15.4. The fraction of sp³-hybridized carbons (Fsp3) is 0.778. The van der Waals surface area contributed by atoms with Crippen molar-refractivity contribution in [2.24, 2.45) is 0 Å². The minimum atomic E-state index is -3.44. The van der Waals surface area contributed by atoms with Gasteiger partial charge in [-0.05, 0) is 39.7 Å². The molecule has 0 saturated heterocycles. The van der Waals surface area contributed by atoms with Gasteiger partial charge in [0.2, 0.25) is 0 Å². The smallest absolute Gasteiger partial charge is 0.271 e. The van der Waals surface area contributed by atoms with E-state index in [1.165, 1.54) is 82.0 Å². The van der Waals surface area contributed by atoms with Crippen LogP contribution >= 0.6 is 0 Å². The van der Waals surface area contributed by atoms with Crippen LogP contribution in [0.25, 0.3) is 0 Å². The Morgan fingerprint density at radius 1 is 0.656 bits per heavy atom. The van der Waals surface area contributed by atoms with Crippen LogP contribution in [0.5, 0.6) is 0 Å². The summed E-state index contributed by atoms with van der Waals surface area (Å²) in [5.74, 6) is -0.0361. The first-order valence-electron chi connectivity index (χ1n) is 13.1. The summed E-state index contributed by atoms with van der Waals surface area (Å²) in [6.45, 7) is 16.8. The van der Waals surface area contributed by atoms with Crippen molar-refractivity contribution in [3.05, 3.63) is 35.9 Å². The summed E-state index contributed by atoms with van der Waals surface area (Å²) in [6, 6.07) is 9.17. The SMILES string of the molecule is CCCCCCCCCCCCOS(=O)(=O)Cc1ccccc1.CC[N+](CC)(CC)CC. The van der Waals surface area contributed by atoms with Crippen molar-refractivity contribution in [1.29, 1.82) is 0 Å². The van der Waals surface area contributed by atoms with Crippen LogP contribution in [0, 0.1) is 0 Å². The predicted octanol–water partition coefficient (Wildman–Crippen LogP) is 7.34. The van der Waals surface area contributed by atoms with E-state index in [0.29, 0.717) is 6.61 Å². The zero-order chi connectivity index (χ0) is 24.1. The maximum atomic E-state index is 11.8. The lowest BCUT2D eigenvalue weighted by atomic mass is 10.1. The Labute approximate surface area is 200 Å². The predicted molar refractivity (Wildman–Crippen MR) is 139 cm³/mol. The molecule has 0 heterocycles. The molecule has 1 aromatic carbocycles. The van der Waals surface area contributed by atoms with Gasteiger partial charge in [0, 0.05) is 0 Å². The fourth-order valence-electron chi connectivity index (χ4n) is 3.94. The molecule has 1 aromatic rings. The van der Waals surface area contributed by atoms with E-state index in [0.717, 1.165) is 18.4 Å². The molecule has 0 bridgehead atoms. The van der Waals surface area contributed by atoms with Crippen molar-refractivity contribution in [3.63, 3.8) is 0 Å². The molecule has 0 radical (unpaired) electrons. The van der Waals surface area contributed by atoms with Gasteiger partial charge in [-0.15, -0.1) is 0 Å². The lowest BCUT2D eigenvalue weighted by molar-refractivity contribution is -0.921. The third-order valence-corrected chi connectivity index (χ3v) is 7.84. The molecule has 0 fully saturated rings. The standard InChI is InChI=1S/C19H32O3S.C8H20N/c1-2-3-4-5-6-7-8-9-10-14-17-22-23(20,21)18-19-15-12-11-13-16-19;1-5-9(6-2,7-3)8-4/h11-13,15-16H,2-10,14,17-18H2,1H3;5-8H2,1-4H3/q;+1. The van der Waals surface area contributed by atoms with Gasteiger partial charge in [-0.2, -0.15) is 8.42 Å². The third-order valence-electron chi connectivity index (χ3n) is 6.63. The van der Waals surface area contributed by atoms with Gasteiger partial charge in [-0.25, -0.2) is 0 Å². The summed E-state index contributed by atoms with van der Waals surface area (Å²) < 4.78 is 30.0. The monoisotopic (exact) mass is 470 g/mol. The minimum absolute atomic E-state index is 0.0361. The highest BCUT2D eigenvalue weighted by atomic mass is 32.2. The highest BCUT2D eigenvalue weighted by Crippen LogP contribution is 2.12. The van der Waals surface area contributed by atoms with Gasteiger partial charge in [0.1, 0.15) is 5.75 Å². The van der Waals surface area contributed by atoms with E-state index in [1.54, 1.807) is 12.1 Å². The lowest BCUT2D eigenvalue weighted by Crippen LogP contribution is -2.47. The zero-order valence-electron chi connectivity index (χ0n) is 21.8. The van der Waals surface area contributed by atoms with E-state index >= 15 is 0 Å². The number of benzene rings is 1. The lowest BCUT2D eigenvalue weighted by Gasteiger charge is -2.34. The van der Waals surface area contributed by atoms with E-state index in [2.05, 4.69) is 34.6 Å². The number of unbranched alkanes of at least 4 members (excludes halogenated alkanes) is 9. The highest BCUT2D eigenvalue weighted by molar-refractivity contribution is 7.85. The average molecular weight is 471 g/mol. The molecule has 0 aliphatic heterocycles. The Balaban J connectivity index is 0.000000900. The molecule has 0 aliphatic rings. The normalized spacial score (nSPS) is 11.8. The maximum absolute atomic E-state index is 11.8. The molecule has 1 rings (SSSR count). The number of rotatable bonds is 18. The Morgan fingerprint density at radius 3 is 1.50 bits per heavy atom. The first-order valence-corrected chi connectivity index (χ1v) is 14.7. The quantitative estimate of drug-likeness (QED) is 0.128. The largest absolute Gasteiger partial charge is 0.325 e. The van der Waals surface area contributed by atoms with E-state index in [9.17, 15) is 8.42 Å². The van der Waals surface area contributed by atoms with Crippen molar-refractivity contribution < 1.29 is 17.1 Å². The van der Waals surface area contributed by atoms with Gasteiger partial charge in [0.15, 0.2) is 0 Å². The van der Waals surface area contributed by atoms with Crippen LogP contribution in [0.2, 0.25) is 0 Å². The van der Waals surface area contributed by atoms with Crippen molar-refractivity contribution in [2.75, 3.05) is 32.8 Å². The molecule has 5 heteroatoms. The summed E-state index contributed by atoms with van der Waals surface area (Å²) in [4.78, 5) is 0. The van der Waals surface area contributed by atoms with Gasteiger partial charge in [0.05, 0.1) is 32.8 Å². The fourth-order valence-corrected chi connectivity index (χ4v) is 4.99. The second-order valence-corrected chi connectivity index (χ2v) is 10.4. The van der Waals surface area contributed by atoms with E-state index in [-0.39, 0.29) is 5.75 Å². The van der Waals surface area contributed by atoms with Crippen LogP contribution in [-0.4, -0.2) is 45.7 Å². The minimum Gasteiger partial charge on any atom is -0.325 e. The van der Waals surface area contributed by atoms with Crippen molar-refractivity contribution in [1.82, 2.24) is 0 Å². The Bertz CT molecular complexity index is 610. The van der Waals surface area contributed by atoms with Crippen LogP contribution in [-0.2, 0) is 20.1 Å². The Hall–Kier alpha value is -0.910. The van der Waals surface area contributed by atoms with E-state index in [1.807, 2.05) is 18.2 Å². The van der Waals surface area contributed by atoms with E-state index in [4.69, 9.17) is 4.18 Å². The summed E-state index contributed by atoms with van der Waals surface area (Å²) >= 11 is 0. The molecule has 0 N–H and O–H groups in total. The second-order valence-electron chi connectivity index (χ2n) is 8.80. The molecule has 0 spiro atoms. The second kappa shape index (κ2) is 19.5. The summed E-state index contributed by atoms with van der Waals surface area (Å²) in [7, 11) is -3.44. The molecule has 32 heavy (non-hydrogen) atoms. The Morgan fingerprint density at radius 2 is 1.09 bits per heavy atom. The van der Waals surface area contributed by atoms with E-state index < -0.39 is 10.1 Å². The van der Waals surface area contributed by atoms with Crippen LogP contribution in [0.15, 0.2) is 30.3 Å². The van der Waals surface area contributed by atoms with Gasteiger partial charge < -0.3 is 4.48 Å². The van der Waals surface area contributed by atoms with Gasteiger partial charge in [0.25, 0.3) is 10.1 Å². The molecule has 0 amide bonds. The molecule has 4 nitrogen and oxygen atoms in total. The van der Waals surface area contributed by atoms with Gasteiger partial charge in [-0.1, -0.05) is 95.0 Å². The van der Waals surface area contributed by atoms with Crippen molar-refractivity contribution >= 4 is 10.1 Å². The third kappa shape index (κ3) is 15.8. The molecule has 0 aliphatic carbocycles. The summed E-state index contributed by atoms with van der Waals surface area (Å²) in [5, 5.41) is 0. The Kier molecular flexibility index (Phi) is 19.0. The molecular formula is C27H52NO3S+. The molecule has 188 valence electrons. The van der Waals surface area contributed by atoms with Crippen LogP contribution < -0.4 is 0 Å². The first kappa shape index (κ1) is 31.1. The average Bonchev–Trinajstić information content (AvgIpc) is 2.80. The van der Waals surface area contributed by atoms with Crippen LogP contribution in [0.3, 0.4) is 0 Å². The van der Waals surface area contributed by atoms with Crippen LogP contribution in [0.1, 0.15) is 104 Å². The number of hydrogen-bond donors (Lipinski definition) is 0. The molecular weight excluding hydrogens is 418 g/mol. The highest BCUT2D eigenvalue weighted by Gasteiger charge is 2.16. The van der Waals surface area contributed by atoms with Crippen molar-refractivity contribution in [2.45, 2.75) is 105 Å². The van der Waals surface area contributed by atoms with Gasteiger partial charge >= 0.3 is 0 Å². The summed E-state index contributed by atoms with van der Waals surface area (Å²) in [5.41, 5.74) is 0.774. The summed E-state index contributed by atoms with van der Waals surface area (Å²) in [6.07, 6.45) is 12.3.